The lowest BCUT2D eigenvalue weighted by Gasteiger charge is -2.34. The standard InChI is InChI=1S/C9H21N3O/c1-2-5-12(6-7-13)9-8-10-3-4-11-9/h9-11,13H,2-8H2,1H3. The molecule has 1 rings (SSSR count). The largest absolute Gasteiger partial charge is 0.395 e. The van der Waals surface area contributed by atoms with E-state index in [4.69, 9.17) is 5.11 Å². The average molecular weight is 187 g/mol. The second-order valence-electron chi connectivity index (χ2n) is 3.43. The third-order valence-corrected chi connectivity index (χ3v) is 2.36. The topological polar surface area (TPSA) is 47.5 Å². The molecule has 0 aromatic carbocycles. The number of piperazine rings is 1. The molecule has 4 heteroatoms. The van der Waals surface area contributed by atoms with Crippen LogP contribution in [0.3, 0.4) is 0 Å². The van der Waals surface area contributed by atoms with Crippen molar-refractivity contribution < 1.29 is 5.11 Å². The highest BCUT2D eigenvalue weighted by atomic mass is 16.3. The van der Waals surface area contributed by atoms with Crippen LogP contribution in [0.25, 0.3) is 0 Å². The fraction of sp³-hybridized carbons (Fsp3) is 1.00. The van der Waals surface area contributed by atoms with Crippen molar-refractivity contribution in [2.75, 3.05) is 39.3 Å². The van der Waals surface area contributed by atoms with E-state index in [1.165, 1.54) is 0 Å². The van der Waals surface area contributed by atoms with E-state index in [-0.39, 0.29) is 6.61 Å². The normalized spacial score (nSPS) is 23.8. The van der Waals surface area contributed by atoms with Gasteiger partial charge in [0.2, 0.25) is 0 Å². The van der Waals surface area contributed by atoms with Crippen LogP contribution in [0.2, 0.25) is 0 Å². The Hall–Kier alpha value is -0.160. The van der Waals surface area contributed by atoms with E-state index in [1.807, 2.05) is 0 Å². The molecule has 1 heterocycles. The zero-order valence-electron chi connectivity index (χ0n) is 8.42. The van der Waals surface area contributed by atoms with Crippen molar-refractivity contribution in [2.45, 2.75) is 19.5 Å². The molecule has 1 atom stereocenters. The molecule has 0 aliphatic carbocycles. The van der Waals surface area contributed by atoms with Gasteiger partial charge in [0, 0.05) is 26.2 Å². The number of hydrogen-bond donors (Lipinski definition) is 3. The Balaban J connectivity index is 2.32. The van der Waals surface area contributed by atoms with E-state index in [2.05, 4.69) is 22.5 Å². The summed E-state index contributed by atoms with van der Waals surface area (Å²) in [4.78, 5) is 2.30. The van der Waals surface area contributed by atoms with Gasteiger partial charge < -0.3 is 10.4 Å². The molecule has 4 nitrogen and oxygen atoms in total. The van der Waals surface area contributed by atoms with Crippen LogP contribution in [-0.4, -0.2) is 55.5 Å². The molecule has 1 unspecified atom stereocenters. The monoisotopic (exact) mass is 187 g/mol. The highest BCUT2D eigenvalue weighted by Crippen LogP contribution is 1.99. The van der Waals surface area contributed by atoms with Gasteiger partial charge in [-0.3, -0.25) is 10.2 Å². The van der Waals surface area contributed by atoms with Gasteiger partial charge >= 0.3 is 0 Å². The van der Waals surface area contributed by atoms with Crippen molar-refractivity contribution in [3.05, 3.63) is 0 Å². The van der Waals surface area contributed by atoms with Crippen LogP contribution in [0.4, 0.5) is 0 Å². The summed E-state index contributed by atoms with van der Waals surface area (Å²) in [5.74, 6) is 0. The summed E-state index contributed by atoms with van der Waals surface area (Å²) >= 11 is 0. The van der Waals surface area contributed by atoms with Crippen molar-refractivity contribution in [2.24, 2.45) is 0 Å². The molecule has 0 aromatic heterocycles. The highest BCUT2D eigenvalue weighted by molar-refractivity contribution is 4.76. The van der Waals surface area contributed by atoms with Crippen molar-refractivity contribution in [1.29, 1.82) is 0 Å². The molecule has 13 heavy (non-hydrogen) atoms. The van der Waals surface area contributed by atoms with Crippen LogP contribution >= 0.6 is 0 Å². The predicted octanol–water partition coefficient (Wildman–Crippen LogP) is -0.790. The van der Waals surface area contributed by atoms with Gasteiger partial charge in [0.1, 0.15) is 0 Å². The van der Waals surface area contributed by atoms with Crippen LogP contribution in [0, 0.1) is 0 Å². The van der Waals surface area contributed by atoms with Crippen molar-refractivity contribution >= 4 is 0 Å². The Morgan fingerprint density at radius 3 is 2.77 bits per heavy atom. The Kier molecular flexibility index (Phi) is 5.31. The first-order chi connectivity index (χ1) is 6.38. The zero-order valence-corrected chi connectivity index (χ0v) is 8.42. The van der Waals surface area contributed by atoms with E-state index in [9.17, 15) is 0 Å². The molecule has 1 aliphatic heterocycles. The van der Waals surface area contributed by atoms with Crippen LogP contribution in [-0.2, 0) is 0 Å². The summed E-state index contributed by atoms with van der Waals surface area (Å²) in [5.41, 5.74) is 0. The van der Waals surface area contributed by atoms with Gasteiger partial charge in [-0.05, 0) is 13.0 Å². The molecule has 0 bridgehead atoms. The molecule has 0 amide bonds. The number of hydrogen-bond acceptors (Lipinski definition) is 4. The fourth-order valence-electron chi connectivity index (χ4n) is 1.74. The lowest BCUT2D eigenvalue weighted by atomic mass is 10.3. The van der Waals surface area contributed by atoms with Gasteiger partial charge in [-0.1, -0.05) is 6.92 Å². The number of aliphatic hydroxyl groups is 1. The number of nitrogens with one attached hydrogen (secondary N) is 2. The average Bonchev–Trinajstić information content (AvgIpc) is 2.19. The van der Waals surface area contributed by atoms with Gasteiger partial charge in [-0.25, -0.2) is 0 Å². The molecule has 1 fully saturated rings. The molecule has 3 N–H and O–H groups in total. The minimum Gasteiger partial charge on any atom is -0.395 e. The van der Waals surface area contributed by atoms with Crippen LogP contribution in [0.15, 0.2) is 0 Å². The lowest BCUT2D eigenvalue weighted by Crippen LogP contribution is -2.57. The minimum atomic E-state index is 0.248. The minimum absolute atomic E-state index is 0.248. The maximum atomic E-state index is 8.90. The van der Waals surface area contributed by atoms with Crippen molar-refractivity contribution in [1.82, 2.24) is 15.5 Å². The molecule has 0 spiro atoms. The first-order valence-electron chi connectivity index (χ1n) is 5.17. The number of rotatable bonds is 5. The van der Waals surface area contributed by atoms with E-state index in [0.717, 1.165) is 39.1 Å². The number of nitrogens with zero attached hydrogens (tertiary/aromatic N) is 1. The van der Waals surface area contributed by atoms with Crippen LogP contribution in [0.1, 0.15) is 13.3 Å². The molecule has 78 valence electrons. The Morgan fingerprint density at radius 1 is 1.38 bits per heavy atom. The molecule has 0 aromatic rings. The third kappa shape index (κ3) is 3.60. The third-order valence-electron chi connectivity index (χ3n) is 2.36. The summed E-state index contributed by atoms with van der Waals surface area (Å²) in [5, 5.41) is 15.7. The zero-order chi connectivity index (χ0) is 9.52. The second-order valence-corrected chi connectivity index (χ2v) is 3.43. The summed E-state index contributed by atoms with van der Waals surface area (Å²) < 4.78 is 0. The second kappa shape index (κ2) is 6.32. The van der Waals surface area contributed by atoms with Gasteiger partial charge in [0.15, 0.2) is 0 Å². The quantitative estimate of drug-likeness (QED) is 0.528. The first kappa shape index (κ1) is 10.9. The van der Waals surface area contributed by atoms with Gasteiger partial charge in [-0.15, -0.1) is 0 Å². The summed E-state index contributed by atoms with van der Waals surface area (Å²) in [6, 6.07) is 0. The van der Waals surface area contributed by atoms with Crippen LogP contribution in [0.5, 0.6) is 0 Å². The Bertz CT molecular complexity index is 120. The van der Waals surface area contributed by atoms with E-state index >= 15 is 0 Å². The summed E-state index contributed by atoms with van der Waals surface area (Å²) in [6.07, 6.45) is 1.54. The van der Waals surface area contributed by atoms with Gasteiger partial charge in [0.05, 0.1) is 12.8 Å². The molecule has 1 aliphatic rings. The predicted molar refractivity (Wildman–Crippen MR) is 53.6 cm³/mol. The van der Waals surface area contributed by atoms with Crippen molar-refractivity contribution in [3.63, 3.8) is 0 Å². The molecule has 1 saturated heterocycles. The smallest absolute Gasteiger partial charge is 0.0727 e. The highest BCUT2D eigenvalue weighted by Gasteiger charge is 2.18. The Labute approximate surface area is 80.3 Å². The Morgan fingerprint density at radius 2 is 2.23 bits per heavy atom. The van der Waals surface area contributed by atoms with Gasteiger partial charge in [0.25, 0.3) is 0 Å². The van der Waals surface area contributed by atoms with E-state index < -0.39 is 0 Å². The first-order valence-corrected chi connectivity index (χ1v) is 5.17. The maximum absolute atomic E-state index is 8.90. The van der Waals surface area contributed by atoms with E-state index in [1.54, 1.807) is 0 Å². The SMILES string of the molecule is CCCN(CCO)C1CNCCN1. The lowest BCUT2D eigenvalue weighted by molar-refractivity contribution is 0.118. The fourth-order valence-corrected chi connectivity index (χ4v) is 1.74. The molecule has 0 radical (unpaired) electrons. The molecule has 0 saturated carbocycles. The van der Waals surface area contributed by atoms with Crippen molar-refractivity contribution in [3.8, 4) is 0 Å². The molecular formula is C9H21N3O. The number of aliphatic hydroxyl groups excluding tert-OH is 1. The summed E-state index contributed by atoms with van der Waals surface area (Å²) in [6.45, 7) is 7.30. The van der Waals surface area contributed by atoms with Crippen LogP contribution < -0.4 is 10.6 Å². The summed E-state index contributed by atoms with van der Waals surface area (Å²) in [7, 11) is 0. The van der Waals surface area contributed by atoms with E-state index in [0.29, 0.717) is 6.17 Å². The van der Waals surface area contributed by atoms with Gasteiger partial charge in [-0.2, -0.15) is 0 Å². The maximum Gasteiger partial charge on any atom is 0.0727 e. The molecular weight excluding hydrogens is 166 g/mol.